The average molecular weight is 259 g/mol. The quantitative estimate of drug-likeness (QED) is 0.556. The Hall–Kier alpha value is -1.87. The predicted octanol–water partition coefficient (Wildman–Crippen LogP) is 3.09. The molecule has 3 heteroatoms. The van der Waals surface area contributed by atoms with Gasteiger partial charge in [-0.2, -0.15) is 0 Å². The molecule has 0 aliphatic rings. The number of hydrogen-bond acceptors (Lipinski definition) is 3. The lowest BCUT2D eigenvalue weighted by molar-refractivity contribution is -0.144. The summed E-state index contributed by atoms with van der Waals surface area (Å²) in [6.07, 6.45) is 3.11. The monoisotopic (exact) mass is 259 g/mol. The topological polar surface area (TPSA) is 29.5 Å². The van der Waals surface area contributed by atoms with Crippen molar-refractivity contribution in [2.75, 3.05) is 13.6 Å². The Balaban J connectivity index is 2.96. The highest BCUT2D eigenvalue weighted by Crippen LogP contribution is 2.23. The summed E-state index contributed by atoms with van der Waals surface area (Å²) in [6.45, 7) is 10.5. The van der Waals surface area contributed by atoms with Crippen LogP contribution in [0.4, 0.5) is 0 Å². The van der Waals surface area contributed by atoms with Gasteiger partial charge in [0.05, 0.1) is 0 Å². The van der Waals surface area contributed by atoms with Crippen LogP contribution in [0.1, 0.15) is 24.2 Å². The molecule has 1 aromatic carbocycles. The van der Waals surface area contributed by atoms with Gasteiger partial charge in [-0.1, -0.05) is 36.9 Å². The second kappa shape index (κ2) is 7.54. The molecule has 1 unspecified atom stereocenters. The van der Waals surface area contributed by atoms with Crippen LogP contribution in [0.2, 0.25) is 0 Å². The molecule has 0 spiro atoms. The summed E-state index contributed by atoms with van der Waals surface area (Å²) in [7, 11) is 2.02. The smallest absolute Gasteiger partial charge is 0.303 e. The fourth-order valence-electron chi connectivity index (χ4n) is 1.95. The number of ether oxygens (including phenoxy) is 1. The van der Waals surface area contributed by atoms with E-state index >= 15 is 0 Å². The molecule has 0 saturated carbocycles. The van der Waals surface area contributed by atoms with E-state index in [1.807, 2.05) is 37.4 Å². The number of esters is 1. The highest BCUT2D eigenvalue weighted by atomic mass is 16.5. The van der Waals surface area contributed by atoms with Gasteiger partial charge in [0, 0.05) is 25.6 Å². The van der Waals surface area contributed by atoms with Gasteiger partial charge in [-0.3, -0.25) is 9.69 Å². The van der Waals surface area contributed by atoms with Crippen LogP contribution in [0.5, 0.6) is 0 Å². The van der Waals surface area contributed by atoms with Crippen LogP contribution in [0.15, 0.2) is 49.6 Å². The van der Waals surface area contributed by atoms with Crippen LogP contribution in [-0.4, -0.2) is 24.5 Å². The number of nitrogens with zero attached hydrogens (tertiary/aromatic N) is 1. The molecule has 0 saturated heterocycles. The fourth-order valence-corrected chi connectivity index (χ4v) is 1.95. The van der Waals surface area contributed by atoms with E-state index in [1.54, 1.807) is 6.08 Å². The van der Waals surface area contributed by atoms with Crippen LogP contribution in [0.25, 0.3) is 0 Å². The highest BCUT2D eigenvalue weighted by molar-refractivity contribution is 5.66. The van der Waals surface area contributed by atoms with Gasteiger partial charge >= 0.3 is 5.97 Å². The average Bonchev–Trinajstić information content (AvgIpc) is 2.37. The van der Waals surface area contributed by atoms with Crippen LogP contribution in [0.3, 0.4) is 0 Å². The van der Waals surface area contributed by atoms with Crippen molar-refractivity contribution in [2.45, 2.75) is 19.6 Å². The molecule has 0 heterocycles. The molecule has 1 aromatic rings. The molecule has 0 amide bonds. The second-order valence-electron chi connectivity index (χ2n) is 4.45. The van der Waals surface area contributed by atoms with Crippen molar-refractivity contribution in [3.8, 4) is 0 Å². The fraction of sp³-hybridized carbons (Fsp3) is 0.312. The van der Waals surface area contributed by atoms with Crippen LogP contribution < -0.4 is 0 Å². The molecular weight excluding hydrogens is 238 g/mol. The number of carbonyl (C=O) groups excluding carboxylic acids is 1. The summed E-state index contributed by atoms with van der Waals surface area (Å²) in [5, 5.41) is 0. The van der Waals surface area contributed by atoms with E-state index in [9.17, 15) is 4.79 Å². The van der Waals surface area contributed by atoms with E-state index in [2.05, 4.69) is 18.1 Å². The third-order valence-corrected chi connectivity index (χ3v) is 2.75. The Bertz CT molecular complexity index is 454. The molecule has 102 valence electrons. The Labute approximate surface area is 115 Å². The van der Waals surface area contributed by atoms with Crippen molar-refractivity contribution >= 4 is 5.97 Å². The van der Waals surface area contributed by atoms with E-state index in [0.717, 1.165) is 24.2 Å². The van der Waals surface area contributed by atoms with Gasteiger partial charge in [-0.05, 0) is 18.7 Å². The molecule has 0 fully saturated rings. The van der Waals surface area contributed by atoms with Crippen molar-refractivity contribution in [1.82, 2.24) is 4.90 Å². The Morgan fingerprint density at radius 1 is 1.42 bits per heavy atom. The number of likely N-dealkylation sites (N-methyl/N-ethyl adjacent to an activating group) is 1. The van der Waals surface area contributed by atoms with E-state index in [0.29, 0.717) is 0 Å². The molecule has 0 aliphatic heterocycles. The number of hydrogen-bond donors (Lipinski definition) is 0. The first kappa shape index (κ1) is 15.2. The lowest BCUT2D eigenvalue weighted by atomic mass is 10.0. The normalized spacial score (nSPS) is 11.9. The molecule has 3 nitrogen and oxygen atoms in total. The lowest BCUT2D eigenvalue weighted by Gasteiger charge is -2.20. The first-order valence-corrected chi connectivity index (χ1v) is 6.25. The Morgan fingerprint density at radius 3 is 2.68 bits per heavy atom. The van der Waals surface area contributed by atoms with Gasteiger partial charge in [0.15, 0.2) is 0 Å². The minimum absolute atomic E-state index is 0.306. The molecule has 1 rings (SSSR count). The first-order valence-electron chi connectivity index (χ1n) is 6.25. The van der Waals surface area contributed by atoms with Crippen molar-refractivity contribution in [3.63, 3.8) is 0 Å². The van der Waals surface area contributed by atoms with E-state index in [-0.39, 0.29) is 5.97 Å². The second-order valence-corrected chi connectivity index (χ2v) is 4.45. The van der Waals surface area contributed by atoms with Crippen molar-refractivity contribution in [2.24, 2.45) is 0 Å². The Morgan fingerprint density at radius 2 is 2.11 bits per heavy atom. The van der Waals surface area contributed by atoms with E-state index < -0.39 is 6.10 Å². The lowest BCUT2D eigenvalue weighted by Crippen LogP contribution is -2.19. The van der Waals surface area contributed by atoms with Gasteiger partial charge in [0.1, 0.15) is 6.10 Å². The van der Waals surface area contributed by atoms with Crippen molar-refractivity contribution < 1.29 is 9.53 Å². The number of rotatable bonds is 7. The first-order chi connectivity index (χ1) is 9.08. The van der Waals surface area contributed by atoms with Gasteiger partial charge < -0.3 is 4.74 Å². The maximum atomic E-state index is 11.1. The third kappa shape index (κ3) is 4.72. The van der Waals surface area contributed by atoms with E-state index in [1.165, 1.54) is 6.92 Å². The van der Waals surface area contributed by atoms with Crippen LogP contribution in [-0.2, 0) is 16.1 Å². The van der Waals surface area contributed by atoms with Crippen molar-refractivity contribution in [1.29, 1.82) is 0 Å². The molecule has 19 heavy (non-hydrogen) atoms. The molecule has 0 aromatic heterocycles. The summed E-state index contributed by atoms with van der Waals surface area (Å²) in [6, 6.07) is 7.92. The summed E-state index contributed by atoms with van der Waals surface area (Å²) in [4.78, 5) is 13.3. The number of benzene rings is 1. The van der Waals surface area contributed by atoms with Gasteiger partial charge in [-0.15, -0.1) is 6.58 Å². The summed E-state index contributed by atoms with van der Waals surface area (Å²) in [5.41, 5.74) is 2.10. The van der Waals surface area contributed by atoms with Crippen LogP contribution in [0, 0.1) is 0 Å². The summed E-state index contributed by atoms with van der Waals surface area (Å²) >= 11 is 0. The Kier molecular flexibility index (Phi) is 6.03. The zero-order valence-corrected chi connectivity index (χ0v) is 11.6. The molecule has 0 N–H and O–H groups in total. The maximum Gasteiger partial charge on any atom is 0.303 e. The molecule has 0 aliphatic carbocycles. The van der Waals surface area contributed by atoms with Gasteiger partial charge in [0.25, 0.3) is 0 Å². The SMILES string of the molecule is C=CCN(C)Cc1ccccc1C(C=C)OC(C)=O. The summed E-state index contributed by atoms with van der Waals surface area (Å²) in [5.74, 6) is -0.306. The molecule has 1 atom stereocenters. The van der Waals surface area contributed by atoms with E-state index in [4.69, 9.17) is 4.74 Å². The van der Waals surface area contributed by atoms with Gasteiger partial charge in [-0.25, -0.2) is 0 Å². The predicted molar refractivity (Wildman–Crippen MR) is 77.7 cm³/mol. The maximum absolute atomic E-state index is 11.1. The minimum Gasteiger partial charge on any atom is -0.453 e. The summed E-state index contributed by atoms with van der Waals surface area (Å²) < 4.78 is 5.27. The molecule has 0 bridgehead atoms. The molecular formula is C16H21NO2. The zero-order chi connectivity index (χ0) is 14.3. The zero-order valence-electron chi connectivity index (χ0n) is 11.6. The highest BCUT2D eigenvalue weighted by Gasteiger charge is 2.15. The third-order valence-electron chi connectivity index (χ3n) is 2.75. The van der Waals surface area contributed by atoms with Crippen molar-refractivity contribution in [3.05, 3.63) is 60.7 Å². The number of carbonyl (C=O) groups is 1. The standard InChI is InChI=1S/C16H21NO2/c1-5-11-17(4)12-14-9-7-8-10-15(14)16(6-2)19-13(3)18/h5-10,16H,1-2,11-12H2,3-4H3. The van der Waals surface area contributed by atoms with Gasteiger partial charge in [0.2, 0.25) is 0 Å². The minimum atomic E-state index is -0.397. The largest absolute Gasteiger partial charge is 0.453 e. The molecule has 0 radical (unpaired) electrons. The van der Waals surface area contributed by atoms with Crippen LogP contribution >= 0.6 is 0 Å².